The summed E-state index contributed by atoms with van der Waals surface area (Å²) in [5, 5.41) is 8.52. The van der Waals surface area contributed by atoms with Gasteiger partial charge in [0.2, 0.25) is 0 Å². The largest absolute Gasteiger partial charge is 1.00 e. The fourth-order valence-corrected chi connectivity index (χ4v) is 2.92. The molecule has 0 radical (unpaired) electrons. The summed E-state index contributed by atoms with van der Waals surface area (Å²) in [7, 11) is 0. The predicted octanol–water partition coefficient (Wildman–Crippen LogP) is 4.94. The zero-order chi connectivity index (χ0) is 18.1. The third kappa shape index (κ3) is 5.78. The van der Waals surface area contributed by atoms with Gasteiger partial charge >= 0.3 is 17.1 Å². The smallest absolute Gasteiger partial charge is 0.479 e. The summed E-state index contributed by atoms with van der Waals surface area (Å²) in [5.74, 6) is 0. The van der Waals surface area contributed by atoms with E-state index in [1.807, 2.05) is 0 Å². The van der Waals surface area contributed by atoms with Gasteiger partial charge in [-0.2, -0.15) is 0 Å². The monoisotopic (exact) mass is 388 g/mol. The van der Waals surface area contributed by atoms with Crippen LogP contribution in [0.5, 0.6) is 0 Å². The molecule has 0 saturated carbocycles. The maximum absolute atomic E-state index is 8.52. The first-order valence-electron chi connectivity index (χ1n) is 8.36. The van der Waals surface area contributed by atoms with Gasteiger partial charge in [-0.25, -0.2) is 0 Å². The van der Waals surface area contributed by atoms with Crippen molar-refractivity contribution in [2.75, 3.05) is 4.90 Å². The molecule has 1 N–H and O–H groups in total. The second-order valence-electron chi connectivity index (χ2n) is 7.53. The van der Waals surface area contributed by atoms with Crippen LogP contribution in [-0.4, -0.2) is 15.6 Å². The van der Waals surface area contributed by atoms with Crippen LogP contribution in [0.2, 0.25) is 0 Å². The number of fused-ring (bicyclic) bond motifs is 1. The van der Waals surface area contributed by atoms with Crippen molar-refractivity contribution in [2.45, 2.75) is 54.1 Å². The molecule has 1 aromatic carbocycles. The second-order valence-corrected chi connectivity index (χ2v) is 7.53. The van der Waals surface area contributed by atoms with Gasteiger partial charge in [-0.1, -0.05) is 23.8 Å². The van der Waals surface area contributed by atoms with E-state index in [-0.39, 0.29) is 17.1 Å². The van der Waals surface area contributed by atoms with Crippen LogP contribution in [0.15, 0.2) is 48.0 Å². The van der Waals surface area contributed by atoms with Crippen molar-refractivity contribution in [2.24, 2.45) is 0 Å². The number of allylic oxidation sites excluding steroid dienone is 4. The Bertz CT molecular complexity index is 682. The number of anilines is 1. The predicted molar refractivity (Wildman–Crippen MR) is 102 cm³/mol. The van der Waals surface area contributed by atoms with Crippen LogP contribution in [0.4, 0.5) is 5.69 Å². The first-order valence-corrected chi connectivity index (χ1v) is 8.36. The average Bonchev–Trinajstić information content (AvgIpc) is 2.80. The molecule has 3 rings (SSSR count). The van der Waals surface area contributed by atoms with E-state index in [0.717, 1.165) is 0 Å². The van der Waals surface area contributed by atoms with Crippen LogP contribution in [-0.2, 0) is 17.1 Å². The number of aryl methyl sites for hydroxylation is 3. The van der Waals surface area contributed by atoms with Gasteiger partial charge in [0, 0.05) is 11.4 Å². The maximum Gasteiger partial charge on any atom is 1.00 e. The summed E-state index contributed by atoms with van der Waals surface area (Å²) in [6, 6.07) is 4.48. The molecule has 0 unspecified atom stereocenters. The van der Waals surface area contributed by atoms with Gasteiger partial charge in [0.1, 0.15) is 0 Å². The number of nitrogens with zero attached hydrogens (tertiary/aromatic N) is 2. The van der Waals surface area contributed by atoms with E-state index < -0.39 is 5.60 Å². The fourth-order valence-electron chi connectivity index (χ4n) is 2.92. The molecule has 2 aliphatic heterocycles. The van der Waals surface area contributed by atoms with Crippen LogP contribution in [0.3, 0.4) is 0 Å². The molecular weight excluding hydrogens is 360 g/mol. The Morgan fingerprint density at radius 1 is 1.00 bits per heavy atom. The molecule has 2 heterocycles. The molecule has 0 fully saturated rings. The van der Waals surface area contributed by atoms with E-state index in [1.54, 1.807) is 20.8 Å². The second kappa shape index (κ2) is 8.27. The van der Waals surface area contributed by atoms with Crippen molar-refractivity contribution in [3.05, 3.63) is 71.3 Å². The van der Waals surface area contributed by atoms with Gasteiger partial charge in [-0.15, -0.1) is 6.67 Å². The van der Waals surface area contributed by atoms with E-state index in [9.17, 15) is 0 Å². The summed E-state index contributed by atoms with van der Waals surface area (Å²) in [6.45, 7) is 16.0. The van der Waals surface area contributed by atoms with Crippen molar-refractivity contribution in [1.82, 2.24) is 4.90 Å². The van der Waals surface area contributed by atoms with Gasteiger partial charge in [-0.05, 0) is 83.6 Å². The molecule has 25 heavy (non-hydrogen) atoms. The van der Waals surface area contributed by atoms with Crippen LogP contribution in [0, 0.1) is 27.4 Å². The van der Waals surface area contributed by atoms with E-state index in [2.05, 4.69) is 80.7 Å². The Kier molecular flexibility index (Phi) is 7.13. The van der Waals surface area contributed by atoms with Crippen LogP contribution in [0.1, 0.15) is 44.4 Å². The molecule has 0 saturated heterocycles. The van der Waals surface area contributed by atoms with Gasteiger partial charge in [0.25, 0.3) is 0 Å². The first kappa shape index (κ1) is 21.6. The minimum Gasteiger partial charge on any atom is -0.479 e. The molecule has 0 atom stereocenters. The summed E-state index contributed by atoms with van der Waals surface area (Å²) >= 11 is 0. The van der Waals surface area contributed by atoms with E-state index in [1.165, 1.54) is 33.8 Å². The van der Waals surface area contributed by atoms with E-state index in [4.69, 9.17) is 5.11 Å². The molecule has 0 aromatic heterocycles. The van der Waals surface area contributed by atoms with Crippen LogP contribution < -0.4 is 4.90 Å². The van der Waals surface area contributed by atoms with Crippen molar-refractivity contribution < 1.29 is 22.2 Å². The summed E-state index contributed by atoms with van der Waals surface area (Å²) < 4.78 is 0. The van der Waals surface area contributed by atoms with Crippen LogP contribution >= 0.6 is 0 Å². The molecular formula is C21H29CuN2O. The molecule has 1 aromatic rings. The number of rotatable bonds is 1. The minimum atomic E-state index is -0.500. The van der Waals surface area contributed by atoms with Crippen molar-refractivity contribution in [1.29, 1.82) is 0 Å². The molecule has 0 spiro atoms. The number of aliphatic hydroxyl groups is 1. The Hall–Kier alpha value is -1.48. The van der Waals surface area contributed by atoms with Crippen LogP contribution in [0.25, 0.3) is 0 Å². The fraction of sp³-hybridized carbons (Fsp3) is 0.381. The Labute approximate surface area is 163 Å². The van der Waals surface area contributed by atoms with E-state index in [0.29, 0.717) is 0 Å². The molecule has 2 aliphatic rings. The molecule has 3 nitrogen and oxygen atoms in total. The summed E-state index contributed by atoms with van der Waals surface area (Å²) in [4.78, 5) is 4.45. The molecule has 0 bridgehead atoms. The third-order valence-corrected chi connectivity index (χ3v) is 3.67. The number of hydrogen-bond acceptors (Lipinski definition) is 3. The number of benzene rings is 1. The van der Waals surface area contributed by atoms with Gasteiger partial charge in [0.15, 0.2) is 0 Å². The van der Waals surface area contributed by atoms with Gasteiger partial charge in [0.05, 0.1) is 5.60 Å². The normalized spacial score (nSPS) is 15.7. The molecule has 4 heteroatoms. The summed E-state index contributed by atoms with van der Waals surface area (Å²) in [6.07, 6.45) is 8.57. The Morgan fingerprint density at radius 3 is 2.00 bits per heavy atom. The Morgan fingerprint density at radius 2 is 1.52 bits per heavy atom. The number of hydrogen-bond donors (Lipinski definition) is 1. The maximum atomic E-state index is 8.52. The quantitative estimate of drug-likeness (QED) is 0.545. The third-order valence-electron chi connectivity index (χ3n) is 3.67. The van der Waals surface area contributed by atoms with Crippen molar-refractivity contribution in [3.8, 4) is 0 Å². The standard InChI is InChI=1S/C17H19N2.C4H10O.Cu/c1-12-8-13(2)17(14(3)9-12)18-10-16-7-5-6-15(4)19(16)11-18;1-4(2,3)5;/h5-11H,1-4H3;5H,1-3H3;/q-1;;+1. The molecule has 0 amide bonds. The summed E-state index contributed by atoms with van der Waals surface area (Å²) in [5.41, 5.74) is 7.21. The topological polar surface area (TPSA) is 26.7 Å². The van der Waals surface area contributed by atoms with E-state index >= 15 is 0 Å². The molecule has 0 aliphatic carbocycles. The zero-order valence-corrected chi connectivity index (χ0v) is 17.1. The zero-order valence-electron chi connectivity index (χ0n) is 16.2. The SMILES string of the molecule is CC(C)(C)O.CC1=CC=CC2=CN(c3c(C)cc(C)cc3C)[CH-]N12.[Cu+]. The van der Waals surface area contributed by atoms with Gasteiger partial charge < -0.3 is 14.9 Å². The average molecular weight is 389 g/mol. The van der Waals surface area contributed by atoms with Crippen molar-refractivity contribution >= 4 is 5.69 Å². The van der Waals surface area contributed by atoms with Gasteiger partial charge in [-0.3, -0.25) is 0 Å². The molecule has 140 valence electrons. The Balaban J connectivity index is 0.000000462. The van der Waals surface area contributed by atoms with Crippen molar-refractivity contribution in [3.63, 3.8) is 0 Å². The first-order chi connectivity index (χ1) is 11.1. The minimum absolute atomic E-state index is 0.